The summed E-state index contributed by atoms with van der Waals surface area (Å²) in [4.78, 5) is 2.70. The molecule has 1 heteroatoms. The maximum atomic E-state index is 2.41. The number of fused-ring (bicyclic) bond motifs is 5. The minimum atomic E-state index is 0.0465. The lowest BCUT2D eigenvalue weighted by Crippen LogP contribution is -2.14. The molecule has 1 heterocycles. The average Bonchev–Trinajstić information content (AvgIpc) is 3.06. The van der Waals surface area contributed by atoms with Crippen LogP contribution in [0.3, 0.4) is 0 Å². The van der Waals surface area contributed by atoms with Crippen molar-refractivity contribution in [2.24, 2.45) is 0 Å². The molecular weight excluding hydrogens is 404 g/mol. The topological polar surface area (TPSA) is 0 Å². The van der Waals surface area contributed by atoms with E-state index < -0.39 is 0 Å². The van der Waals surface area contributed by atoms with Gasteiger partial charge in [0.25, 0.3) is 0 Å². The van der Waals surface area contributed by atoms with Crippen LogP contribution in [0.25, 0.3) is 44.2 Å². The summed E-state index contributed by atoms with van der Waals surface area (Å²) >= 11 is 1.88. The van der Waals surface area contributed by atoms with Gasteiger partial charge >= 0.3 is 0 Å². The third-order valence-corrected chi connectivity index (χ3v) is 8.39. The van der Waals surface area contributed by atoms with Gasteiger partial charge < -0.3 is 0 Å². The molecule has 32 heavy (non-hydrogen) atoms. The Morgan fingerprint density at radius 3 is 2.16 bits per heavy atom. The van der Waals surface area contributed by atoms with Crippen molar-refractivity contribution in [1.82, 2.24) is 0 Å². The van der Waals surface area contributed by atoms with Crippen LogP contribution in [0.15, 0.2) is 107 Å². The van der Waals surface area contributed by atoms with Crippen molar-refractivity contribution in [3.63, 3.8) is 0 Å². The highest BCUT2D eigenvalue weighted by Gasteiger charge is 2.35. The Morgan fingerprint density at radius 2 is 1.25 bits per heavy atom. The van der Waals surface area contributed by atoms with Crippen LogP contribution in [0.5, 0.6) is 0 Å². The van der Waals surface area contributed by atoms with Crippen LogP contribution in [-0.4, -0.2) is 0 Å². The molecule has 5 aromatic rings. The maximum Gasteiger partial charge on any atom is 0.0207 e. The molecule has 1 aliphatic carbocycles. The van der Waals surface area contributed by atoms with Gasteiger partial charge in [0, 0.05) is 20.6 Å². The molecular formula is C31H22S. The third-order valence-electron chi connectivity index (χ3n) is 7.25. The summed E-state index contributed by atoms with van der Waals surface area (Å²) in [5, 5.41) is 2.70. The number of hydrogen-bond acceptors (Lipinski definition) is 1. The number of benzene rings is 5. The van der Waals surface area contributed by atoms with Gasteiger partial charge in [-0.15, -0.1) is 0 Å². The van der Waals surface area contributed by atoms with Gasteiger partial charge in [-0.25, -0.2) is 0 Å². The molecule has 0 amide bonds. The Kier molecular flexibility index (Phi) is 3.64. The van der Waals surface area contributed by atoms with Gasteiger partial charge in [-0.05, 0) is 80.2 Å². The van der Waals surface area contributed by atoms with Crippen molar-refractivity contribution in [3.05, 3.63) is 108 Å². The van der Waals surface area contributed by atoms with Crippen LogP contribution in [0.1, 0.15) is 25.0 Å². The summed E-state index contributed by atoms with van der Waals surface area (Å²) in [6.45, 7) is 4.68. The van der Waals surface area contributed by atoms with Crippen LogP contribution in [-0.2, 0) is 5.41 Å². The summed E-state index contributed by atoms with van der Waals surface area (Å²) in [7, 11) is 0. The molecule has 0 saturated carbocycles. The highest BCUT2D eigenvalue weighted by atomic mass is 32.2. The van der Waals surface area contributed by atoms with Gasteiger partial charge in [0.2, 0.25) is 0 Å². The third kappa shape index (κ3) is 2.40. The highest BCUT2D eigenvalue weighted by molar-refractivity contribution is 7.99. The van der Waals surface area contributed by atoms with E-state index in [0.29, 0.717) is 0 Å². The molecule has 0 bridgehead atoms. The zero-order valence-electron chi connectivity index (χ0n) is 18.1. The van der Waals surface area contributed by atoms with Gasteiger partial charge in [-0.2, -0.15) is 0 Å². The molecule has 7 rings (SSSR count). The van der Waals surface area contributed by atoms with E-state index in [1.807, 2.05) is 11.8 Å². The largest absolute Gasteiger partial charge is 0.0888 e. The molecule has 0 saturated heterocycles. The van der Waals surface area contributed by atoms with Crippen LogP contribution in [0.4, 0.5) is 0 Å². The van der Waals surface area contributed by atoms with E-state index >= 15 is 0 Å². The van der Waals surface area contributed by atoms with E-state index in [1.165, 1.54) is 65.1 Å². The average molecular weight is 427 g/mol. The van der Waals surface area contributed by atoms with Gasteiger partial charge in [0.05, 0.1) is 0 Å². The standard InChI is InChI=1S/C31H22S/c1-31(2)26-11-5-3-9-22(26)24-17-19(14-15-27(24)31)21-16-20-8-7-13-29-30(20)25(18-21)23-10-4-6-12-28(23)32-29/h3-18H,1-2H3. The first-order valence-electron chi connectivity index (χ1n) is 11.2. The molecule has 0 nitrogen and oxygen atoms in total. The van der Waals surface area contributed by atoms with E-state index in [4.69, 9.17) is 0 Å². The fourth-order valence-electron chi connectivity index (χ4n) is 5.65. The molecule has 5 aromatic carbocycles. The lowest BCUT2D eigenvalue weighted by Gasteiger charge is -2.22. The lowest BCUT2D eigenvalue weighted by molar-refractivity contribution is 0.660. The molecule has 152 valence electrons. The Morgan fingerprint density at radius 1 is 0.531 bits per heavy atom. The quantitative estimate of drug-likeness (QED) is 0.253. The zero-order valence-corrected chi connectivity index (χ0v) is 19.0. The number of hydrogen-bond donors (Lipinski definition) is 0. The van der Waals surface area contributed by atoms with Crippen molar-refractivity contribution in [2.45, 2.75) is 29.1 Å². The summed E-state index contributed by atoms with van der Waals surface area (Å²) in [5.41, 5.74) is 10.9. The van der Waals surface area contributed by atoms with Crippen LogP contribution in [0, 0.1) is 0 Å². The Balaban J connectivity index is 1.48. The minimum absolute atomic E-state index is 0.0465. The van der Waals surface area contributed by atoms with Crippen LogP contribution in [0.2, 0.25) is 0 Å². The summed E-state index contributed by atoms with van der Waals surface area (Å²) in [6.07, 6.45) is 0. The van der Waals surface area contributed by atoms with E-state index in [1.54, 1.807) is 0 Å². The highest BCUT2D eigenvalue weighted by Crippen LogP contribution is 2.51. The lowest BCUT2D eigenvalue weighted by atomic mass is 9.82. The predicted molar refractivity (Wildman–Crippen MR) is 137 cm³/mol. The van der Waals surface area contributed by atoms with E-state index in [-0.39, 0.29) is 5.41 Å². The molecule has 0 N–H and O–H groups in total. The second kappa shape index (κ2) is 6.37. The van der Waals surface area contributed by atoms with Crippen LogP contribution < -0.4 is 0 Å². The Bertz CT molecular complexity index is 1570. The van der Waals surface area contributed by atoms with E-state index in [9.17, 15) is 0 Å². The fraction of sp³-hybridized carbons (Fsp3) is 0.0968. The molecule has 0 aromatic heterocycles. The molecule has 0 atom stereocenters. The molecule has 2 aliphatic rings. The van der Waals surface area contributed by atoms with Gasteiger partial charge in [0.15, 0.2) is 0 Å². The summed E-state index contributed by atoms with van der Waals surface area (Å²) in [5.74, 6) is 0. The van der Waals surface area contributed by atoms with Crippen molar-refractivity contribution < 1.29 is 0 Å². The van der Waals surface area contributed by atoms with E-state index in [0.717, 1.165) is 0 Å². The summed E-state index contributed by atoms with van der Waals surface area (Å²) < 4.78 is 0. The van der Waals surface area contributed by atoms with Crippen molar-refractivity contribution in [2.75, 3.05) is 0 Å². The predicted octanol–water partition coefficient (Wildman–Crippen LogP) is 8.94. The first kappa shape index (κ1) is 18.3. The first-order valence-corrected chi connectivity index (χ1v) is 12.0. The summed E-state index contributed by atoms with van der Waals surface area (Å²) in [6, 6.07) is 36.2. The molecule has 0 spiro atoms. The fourth-order valence-corrected chi connectivity index (χ4v) is 6.80. The van der Waals surface area contributed by atoms with Crippen molar-refractivity contribution in [3.8, 4) is 33.4 Å². The number of rotatable bonds is 1. The van der Waals surface area contributed by atoms with Crippen molar-refractivity contribution in [1.29, 1.82) is 0 Å². The maximum absolute atomic E-state index is 2.41. The van der Waals surface area contributed by atoms with Gasteiger partial charge in [0.1, 0.15) is 0 Å². The molecule has 0 radical (unpaired) electrons. The van der Waals surface area contributed by atoms with Crippen LogP contribution >= 0.6 is 11.8 Å². The second-order valence-electron chi connectivity index (χ2n) is 9.41. The van der Waals surface area contributed by atoms with Crippen molar-refractivity contribution >= 4 is 22.5 Å². The molecule has 1 aliphatic heterocycles. The zero-order chi connectivity index (χ0) is 21.4. The second-order valence-corrected chi connectivity index (χ2v) is 10.5. The smallest absolute Gasteiger partial charge is 0.0207 e. The van der Waals surface area contributed by atoms with Gasteiger partial charge in [-0.1, -0.05) is 92.3 Å². The Hall–Kier alpha value is -3.29. The normalized spacial score (nSPS) is 14.7. The Labute approximate surface area is 192 Å². The SMILES string of the molecule is CC1(C)c2ccccc2-c2cc(-c3cc4c5c(cccc5c3)Sc3ccccc3-4)ccc21. The van der Waals surface area contributed by atoms with Gasteiger partial charge in [-0.3, -0.25) is 0 Å². The first-order chi connectivity index (χ1) is 15.6. The monoisotopic (exact) mass is 426 g/mol. The van der Waals surface area contributed by atoms with E-state index in [2.05, 4.69) is 111 Å². The molecule has 0 unspecified atom stereocenters. The minimum Gasteiger partial charge on any atom is -0.0888 e. The molecule has 0 fully saturated rings.